The van der Waals surface area contributed by atoms with Crippen molar-refractivity contribution in [2.45, 2.75) is 0 Å². The summed E-state index contributed by atoms with van der Waals surface area (Å²) >= 11 is 0. The smallest absolute Gasteiger partial charge is 0.257 e. The van der Waals surface area contributed by atoms with Crippen LogP contribution in [0.4, 0.5) is 4.39 Å². The van der Waals surface area contributed by atoms with E-state index in [1.807, 2.05) is 0 Å². The van der Waals surface area contributed by atoms with Crippen molar-refractivity contribution in [3.05, 3.63) is 42.2 Å². The molecular weight excluding hydrogens is 197 g/mol. The molecule has 0 atom stereocenters. The molecule has 0 aromatic heterocycles. The van der Waals surface area contributed by atoms with E-state index < -0.39 is 5.82 Å². The highest BCUT2D eigenvalue weighted by molar-refractivity contribution is 5.96. The van der Waals surface area contributed by atoms with E-state index in [1.54, 1.807) is 13.1 Å². The molecule has 0 radical (unpaired) electrons. The standard InChI is InChI=1S/C11H12FNO2/c1-3-6-13(2)11(15)9-5-4-8(12)7-10(9)14/h3-5,7,14H,1,6H2,2H3. The molecule has 80 valence electrons. The van der Waals surface area contributed by atoms with Gasteiger partial charge in [-0.3, -0.25) is 4.79 Å². The predicted molar refractivity (Wildman–Crippen MR) is 55.2 cm³/mol. The molecule has 1 aromatic rings. The van der Waals surface area contributed by atoms with Gasteiger partial charge in [0.2, 0.25) is 0 Å². The van der Waals surface area contributed by atoms with Crippen molar-refractivity contribution in [1.82, 2.24) is 4.90 Å². The molecule has 0 saturated heterocycles. The number of amides is 1. The number of rotatable bonds is 3. The quantitative estimate of drug-likeness (QED) is 0.771. The van der Waals surface area contributed by atoms with Gasteiger partial charge in [0.1, 0.15) is 11.6 Å². The van der Waals surface area contributed by atoms with E-state index in [4.69, 9.17) is 0 Å². The van der Waals surface area contributed by atoms with Crippen LogP contribution in [0.25, 0.3) is 0 Å². The Balaban J connectivity index is 2.96. The van der Waals surface area contributed by atoms with Crippen molar-refractivity contribution >= 4 is 5.91 Å². The maximum atomic E-state index is 12.7. The van der Waals surface area contributed by atoms with Gasteiger partial charge >= 0.3 is 0 Å². The van der Waals surface area contributed by atoms with Crippen molar-refractivity contribution in [3.63, 3.8) is 0 Å². The fraction of sp³-hybridized carbons (Fsp3) is 0.182. The summed E-state index contributed by atoms with van der Waals surface area (Å²) in [7, 11) is 1.58. The molecule has 0 saturated carbocycles. The van der Waals surface area contributed by atoms with Gasteiger partial charge in [-0.15, -0.1) is 6.58 Å². The largest absolute Gasteiger partial charge is 0.507 e. The number of aromatic hydroxyl groups is 1. The summed E-state index contributed by atoms with van der Waals surface area (Å²) < 4.78 is 12.7. The second-order valence-corrected chi connectivity index (χ2v) is 3.14. The molecule has 0 heterocycles. The number of halogens is 1. The van der Waals surface area contributed by atoms with E-state index in [9.17, 15) is 14.3 Å². The Morgan fingerprint density at radius 3 is 2.87 bits per heavy atom. The van der Waals surface area contributed by atoms with Crippen molar-refractivity contribution in [2.75, 3.05) is 13.6 Å². The van der Waals surface area contributed by atoms with Crippen LogP contribution in [-0.2, 0) is 0 Å². The SMILES string of the molecule is C=CCN(C)C(=O)c1ccc(F)cc1O. The van der Waals surface area contributed by atoms with Crippen LogP contribution in [0.2, 0.25) is 0 Å². The summed E-state index contributed by atoms with van der Waals surface area (Å²) in [6.45, 7) is 3.87. The highest BCUT2D eigenvalue weighted by atomic mass is 19.1. The molecule has 4 heteroatoms. The second kappa shape index (κ2) is 4.59. The summed E-state index contributed by atoms with van der Waals surface area (Å²) in [6, 6.07) is 3.30. The third-order valence-corrected chi connectivity index (χ3v) is 1.94. The average Bonchev–Trinajstić information content (AvgIpc) is 2.17. The summed E-state index contributed by atoms with van der Waals surface area (Å²) in [5, 5.41) is 9.37. The van der Waals surface area contributed by atoms with Crippen molar-refractivity contribution in [1.29, 1.82) is 0 Å². The number of hydrogen-bond acceptors (Lipinski definition) is 2. The Hall–Kier alpha value is -1.84. The number of benzene rings is 1. The monoisotopic (exact) mass is 209 g/mol. The molecule has 0 aliphatic heterocycles. The Bertz CT molecular complexity index is 390. The van der Waals surface area contributed by atoms with Crippen LogP contribution in [-0.4, -0.2) is 29.5 Å². The predicted octanol–water partition coefficient (Wildman–Crippen LogP) is 1.79. The minimum atomic E-state index is -0.574. The number of carbonyl (C=O) groups excluding carboxylic acids is 1. The van der Waals surface area contributed by atoms with Gasteiger partial charge in [-0.2, -0.15) is 0 Å². The van der Waals surface area contributed by atoms with Gasteiger partial charge in [-0.25, -0.2) is 4.39 Å². The molecule has 1 amide bonds. The summed E-state index contributed by atoms with van der Waals surface area (Å²) in [5.41, 5.74) is 0.0840. The Morgan fingerprint density at radius 1 is 1.67 bits per heavy atom. The summed E-state index contributed by atoms with van der Waals surface area (Å²) in [4.78, 5) is 13.0. The molecule has 0 aliphatic carbocycles. The average molecular weight is 209 g/mol. The maximum absolute atomic E-state index is 12.7. The van der Waals surface area contributed by atoms with E-state index in [2.05, 4.69) is 6.58 Å². The Labute approximate surface area is 87.4 Å². The molecule has 0 unspecified atom stereocenters. The number of hydrogen-bond donors (Lipinski definition) is 1. The third kappa shape index (κ3) is 2.56. The first-order valence-electron chi connectivity index (χ1n) is 4.41. The van der Waals surface area contributed by atoms with E-state index >= 15 is 0 Å². The van der Waals surface area contributed by atoms with Crippen LogP contribution in [0, 0.1) is 5.82 Å². The van der Waals surface area contributed by atoms with Gasteiger partial charge in [-0.1, -0.05) is 6.08 Å². The lowest BCUT2D eigenvalue weighted by atomic mass is 10.1. The number of nitrogens with zero attached hydrogens (tertiary/aromatic N) is 1. The zero-order valence-corrected chi connectivity index (χ0v) is 8.40. The van der Waals surface area contributed by atoms with Gasteiger partial charge in [0.15, 0.2) is 0 Å². The zero-order chi connectivity index (χ0) is 11.4. The minimum absolute atomic E-state index is 0.0840. The van der Waals surface area contributed by atoms with Gasteiger partial charge in [-0.05, 0) is 12.1 Å². The number of likely N-dealkylation sites (N-methyl/N-ethyl adjacent to an activating group) is 1. The molecule has 1 aromatic carbocycles. The van der Waals surface area contributed by atoms with Gasteiger partial charge < -0.3 is 10.0 Å². The number of phenolic OH excluding ortho intramolecular Hbond substituents is 1. The van der Waals surface area contributed by atoms with Crippen LogP contribution in [0.3, 0.4) is 0 Å². The lowest BCUT2D eigenvalue weighted by Gasteiger charge is -2.15. The molecular formula is C11H12FNO2. The third-order valence-electron chi connectivity index (χ3n) is 1.94. The normalized spacial score (nSPS) is 9.73. The van der Waals surface area contributed by atoms with E-state index in [0.717, 1.165) is 12.1 Å². The van der Waals surface area contributed by atoms with E-state index in [1.165, 1.54) is 11.0 Å². The lowest BCUT2D eigenvalue weighted by molar-refractivity contribution is 0.0807. The zero-order valence-electron chi connectivity index (χ0n) is 8.40. The highest BCUT2D eigenvalue weighted by Gasteiger charge is 2.14. The fourth-order valence-electron chi connectivity index (χ4n) is 1.17. The number of phenols is 1. The van der Waals surface area contributed by atoms with Crippen molar-refractivity contribution in [3.8, 4) is 5.75 Å². The fourth-order valence-corrected chi connectivity index (χ4v) is 1.17. The molecule has 3 nitrogen and oxygen atoms in total. The second-order valence-electron chi connectivity index (χ2n) is 3.14. The molecule has 0 fully saturated rings. The Kier molecular flexibility index (Phi) is 3.44. The minimum Gasteiger partial charge on any atom is -0.507 e. The van der Waals surface area contributed by atoms with Crippen molar-refractivity contribution in [2.24, 2.45) is 0 Å². The van der Waals surface area contributed by atoms with Crippen LogP contribution >= 0.6 is 0 Å². The highest BCUT2D eigenvalue weighted by Crippen LogP contribution is 2.19. The van der Waals surface area contributed by atoms with Crippen LogP contribution in [0.1, 0.15) is 10.4 Å². The van der Waals surface area contributed by atoms with Crippen molar-refractivity contribution < 1.29 is 14.3 Å². The molecule has 1 N–H and O–H groups in total. The maximum Gasteiger partial charge on any atom is 0.257 e. The molecule has 0 aliphatic rings. The summed E-state index contributed by atoms with van der Waals surface area (Å²) in [5.74, 6) is -1.29. The first-order valence-corrected chi connectivity index (χ1v) is 4.41. The molecule has 1 rings (SSSR count). The lowest BCUT2D eigenvalue weighted by Crippen LogP contribution is -2.26. The van der Waals surface area contributed by atoms with Crippen LogP contribution in [0.5, 0.6) is 5.75 Å². The van der Waals surface area contributed by atoms with Crippen LogP contribution in [0.15, 0.2) is 30.9 Å². The van der Waals surface area contributed by atoms with Crippen LogP contribution < -0.4 is 0 Å². The van der Waals surface area contributed by atoms with Gasteiger partial charge in [0.05, 0.1) is 5.56 Å². The van der Waals surface area contributed by atoms with Gasteiger partial charge in [0.25, 0.3) is 5.91 Å². The first-order chi connectivity index (χ1) is 7.06. The molecule has 15 heavy (non-hydrogen) atoms. The summed E-state index contributed by atoms with van der Waals surface area (Å²) in [6.07, 6.45) is 1.57. The first kappa shape index (κ1) is 11.2. The molecule has 0 bridgehead atoms. The molecule has 0 spiro atoms. The van der Waals surface area contributed by atoms with E-state index in [0.29, 0.717) is 6.54 Å². The van der Waals surface area contributed by atoms with Gasteiger partial charge in [0, 0.05) is 19.7 Å². The topological polar surface area (TPSA) is 40.5 Å². The van der Waals surface area contributed by atoms with E-state index in [-0.39, 0.29) is 17.2 Å². The Morgan fingerprint density at radius 2 is 2.33 bits per heavy atom. The number of carbonyl (C=O) groups is 1.